The Morgan fingerprint density at radius 3 is 2.24 bits per heavy atom. The summed E-state index contributed by atoms with van der Waals surface area (Å²) in [5.74, 6) is -0.298. The monoisotopic (exact) mass is 310 g/mol. The highest BCUT2D eigenvalue weighted by molar-refractivity contribution is 9.15. The summed E-state index contributed by atoms with van der Waals surface area (Å²) in [6, 6.07) is 16.0. The van der Waals surface area contributed by atoms with E-state index >= 15 is 0 Å². The van der Waals surface area contributed by atoms with E-state index in [1.54, 1.807) is 48.5 Å². The molecule has 0 atom stereocenters. The first kappa shape index (κ1) is 12.3. The zero-order valence-electron chi connectivity index (χ0n) is 8.83. The summed E-state index contributed by atoms with van der Waals surface area (Å²) in [7, 11) is 0. The third-order valence-corrected chi connectivity index (χ3v) is 3.34. The van der Waals surface area contributed by atoms with Crippen molar-refractivity contribution >= 4 is 37.8 Å². The van der Waals surface area contributed by atoms with Crippen LogP contribution in [0.4, 0.5) is 4.39 Å². The molecule has 2 rings (SSSR count). The van der Waals surface area contributed by atoms with Crippen LogP contribution >= 0.6 is 27.5 Å². The molecule has 2 aromatic carbocycles. The molecule has 0 N–H and O–H groups in total. The maximum Gasteiger partial charge on any atom is 0.145 e. The van der Waals surface area contributed by atoms with Gasteiger partial charge in [-0.05, 0) is 33.6 Å². The van der Waals surface area contributed by atoms with Crippen molar-refractivity contribution in [2.75, 3.05) is 0 Å². The van der Waals surface area contributed by atoms with Crippen LogP contribution in [0.5, 0.6) is 0 Å². The largest absolute Gasteiger partial charge is 0.205 e. The van der Waals surface area contributed by atoms with E-state index in [0.717, 1.165) is 5.56 Å². The minimum absolute atomic E-state index is 0.298. The van der Waals surface area contributed by atoms with Crippen LogP contribution in [0.3, 0.4) is 0 Å². The van der Waals surface area contributed by atoms with Crippen LogP contribution in [0.25, 0.3) is 10.3 Å². The van der Waals surface area contributed by atoms with E-state index < -0.39 is 0 Å². The maximum atomic E-state index is 14.1. The van der Waals surface area contributed by atoms with Crippen LogP contribution < -0.4 is 0 Å². The number of halogens is 3. The fraction of sp³-hybridized carbons (Fsp3) is 0. The van der Waals surface area contributed by atoms with Crippen LogP contribution in [0, 0.1) is 0 Å². The third kappa shape index (κ3) is 2.96. The van der Waals surface area contributed by atoms with E-state index in [1.807, 2.05) is 6.07 Å². The molecule has 0 bridgehead atoms. The molecular weight excluding hydrogens is 303 g/mol. The van der Waals surface area contributed by atoms with Crippen molar-refractivity contribution in [3.63, 3.8) is 0 Å². The lowest BCUT2D eigenvalue weighted by Crippen LogP contribution is -1.82. The van der Waals surface area contributed by atoms with Gasteiger partial charge >= 0.3 is 0 Å². The van der Waals surface area contributed by atoms with Crippen LogP contribution in [-0.4, -0.2) is 0 Å². The predicted molar refractivity (Wildman–Crippen MR) is 74.7 cm³/mol. The quantitative estimate of drug-likeness (QED) is 0.640. The number of benzene rings is 2. The summed E-state index contributed by atoms with van der Waals surface area (Å²) < 4.78 is 14.5. The molecule has 0 aliphatic heterocycles. The van der Waals surface area contributed by atoms with Gasteiger partial charge in [-0.25, -0.2) is 4.39 Å². The highest BCUT2D eigenvalue weighted by Gasteiger charge is 2.08. The van der Waals surface area contributed by atoms with Gasteiger partial charge in [-0.3, -0.25) is 0 Å². The lowest BCUT2D eigenvalue weighted by Gasteiger charge is -2.04. The fourth-order valence-corrected chi connectivity index (χ4v) is 2.13. The van der Waals surface area contributed by atoms with Crippen LogP contribution in [0.2, 0.25) is 5.02 Å². The Labute approximate surface area is 113 Å². The van der Waals surface area contributed by atoms with Gasteiger partial charge in [0, 0.05) is 10.6 Å². The molecule has 86 valence electrons. The van der Waals surface area contributed by atoms with E-state index in [4.69, 9.17) is 11.6 Å². The highest BCUT2D eigenvalue weighted by atomic mass is 79.9. The van der Waals surface area contributed by atoms with E-state index in [9.17, 15) is 4.39 Å². The second-order valence-corrected chi connectivity index (χ2v) is 4.73. The van der Waals surface area contributed by atoms with Crippen molar-refractivity contribution < 1.29 is 4.39 Å². The van der Waals surface area contributed by atoms with Gasteiger partial charge in [-0.2, -0.15) is 0 Å². The Morgan fingerprint density at radius 1 is 0.941 bits per heavy atom. The van der Waals surface area contributed by atoms with Crippen molar-refractivity contribution in [1.29, 1.82) is 0 Å². The van der Waals surface area contributed by atoms with Crippen LogP contribution in [0.1, 0.15) is 11.1 Å². The smallest absolute Gasteiger partial charge is 0.145 e. The van der Waals surface area contributed by atoms with Crippen molar-refractivity contribution in [3.05, 3.63) is 70.7 Å². The zero-order valence-corrected chi connectivity index (χ0v) is 11.2. The number of hydrogen-bond acceptors (Lipinski definition) is 0. The molecule has 2 aromatic rings. The van der Waals surface area contributed by atoms with E-state index in [-0.39, 0.29) is 5.83 Å². The van der Waals surface area contributed by atoms with Gasteiger partial charge in [0.05, 0.1) is 4.48 Å². The third-order valence-electron chi connectivity index (χ3n) is 2.30. The molecule has 0 aromatic heterocycles. The molecule has 3 heteroatoms. The first-order chi connectivity index (χ1) is 8.18. The molecule has 0 aliphatic carbocycles. The van der Waals surface area contributed by atoms with Crippen molar-refractivity contribution in [2.45, 2.75) is 0 Å². The van der Waals surface area contributed by atoms with Crippen molar-refractivity contribution in [2.24, 2.45) is 0 Å². The summed E-state index contributed by atoms with van der Waals surface area (Å²) >= 11 is 9.14. The van der Waals surface area contributed by atoms with Crippen LogP contribution in [0.15, 0.2) is 54.6 Å². The second kappa shape index (κ2) is 5.48. The van der Waals surface area contributed by atoms with Gasteiger partial charge in [-0.1, -0.05) is 54.1 Å². The molecule has 0 spiro atoms. The van der Waals surface area contributed by atoms with E-state index in [2.05, 4.69) is 15.9 Å². The fourth-order valence-electron chi connectivity index (χ4n) is 1.46. The lowest BCUT2D eigenvalue weighted by atomic mass is 10.1. The van der Waals surface area contributed by atoms with Crippen molar-refractivity contribution in [1.82, 2.24) is 0 Å². The molecule has 0 nitrogen and oxygen atoms in total. The van der Waals surface area contributed by atoms with Gasteiger partial charge in [0.25, 0.3) is 0 Å². The van der Waals surface area contributed by atoms with Crippen molar-refractivity contribution in [3.8, 4) is 0 Å². The van der Waals surface area contributed by atoms with Crippen LogP contribution in [-0.2, 0) is 0 Å². The van der Waals surface area contributed by atoms with Gasteiger partial charge < -0.3 is 0 Å². The predicted octanol–water partition coefficient (Wildman–Crippen LogP) is 5.53. The van der Waals surface area contributed by atoms with Gasteiger partial charge in [-0.15, -0.1) is 0 Å². The minimum Gasteiger partial charge on any atom is -0.205 e. The molecule has 0 saturated heterocycles. The zero-order chi connectivity index (χ0) is 12.3. The van der Waals surface area contributed by atoms with Gasteiger partial charge in [0.1, 0.15) is 5.83 Å². The molecule has 0 amide bonds. The average Bonchev–Trinajstić information content (AvgIpc) is 2.38. The molecule has 0 saturated carbocycles. The molecule has 0 fully saturated rings. The van der Waals surface area contributed by atoms with Gasteiger partial charge in [0.2, 0.25) is 0 Å². The first-order valence-electron chi connectivity index (χ1n) is 5.05. The molecular formula is C14H9BrClF. The SMILES string of the molecule is F/C(=C(\Br)c1cccc(Cl)c1)c1ccccc1. The number of rotatable bonds is 2. The topological polar surface area (TPSA) is 0 Å². The van der Waals surface area contributed by atoms with E-state index in [0.29, 0.717) is 15.1 Å². The molecule has 0 radical (unpaired) electrons. The van der Waals surface area contributed by atoms with Gasteiger partial charge in [0.15, 0.2) is 0 Å². The Bertz CT molecular complexity index is 549. The van der Waals surface area contributed by atoms with E-state index in [1.165, 1.54) is 0 Å². The average molecular weight is 312 g/mol. The second-order valence-electron chi connectivity index (χ2n) is 3.50. The molecule has 0 unspecified atom stereocenters. The standard InChI is InChI=1S/C14H9BrClF/c15-13(11-7-4-8-12(16)9-11)14(17)10-5-2-1-3-6-10/h1-9H/b14-13-. The lowest BCUT2D eigenvalue weighted by molar-refractivity contribution is 0.764. The Hall–Kier alpha value is -1.12. The highest BCUT2D eigenvalue weighted by Crippen LogP contribution is 2.32. The summed E-state index contributed by atoms with van der Waals surface area (Å²) in [4.78, 5) is 0. The summed E-state index contributed by atoms with van der Waals surface area (Å²) in [6.07, 6.45) is 0. The molecule has 0 heterocycles. The Kier molecular flexibility index (Phi) is 3.97. The first-order valence-corrected chi connectivity index (χ1v) is 6.22. The Morgan fingerprint density at radius 2 is 1.59 bits per heavy atom. The maximum absolute atomic E-state index is 14.1. The summed E-state index contributed by atoms with van der Waals surface area (Å²) in [5, 5.41) is 0.584. The summed E-state index contributed by atoms with van der Waals surface area (Å²) in [5.41, 5.74) is 1.26. The summed E-state index contributed by atoms with van der Waals surface area (Å²) in [6.45, 7) is 0. The Balaban J connectivity index is 2.45. The normalized spacial score (nSPS) is 12.2. The molecule has 0 aliphatic rings. The minimum atomic E-state index is -0.298. The molecule has 17 heavy (non-hydrogen) atoms. The number of hydrogen-bond donors (Lipinski definition) is 0.